The van der Waals surface area contributed by atoms with Crippen LogP contribution in [0, 0.1) is 34.7 Å². The second kappa shape index (κ2) is 8.50. The van der Waals surface area contributed by atoms with Gasteiger partial charge in [-0.2, -0.15) is 11.1 Å². The molecular formula is C24H37NOTi. The first-order valence-electron chi connectivity index (χ1n) is 10.4. The molecule has 5 rings (SSSR count). The van der Waals surface area contributed by atoms with Gasteiger partial charge in [0.05, 0.1) is 5.91 Å². The van der Waals surface area contributed by atoms with E-state index in [1.807, 2.05) is 0 Å². The molecule has 3 heteroatoms. The van der Waals surface area contributed by atoms with Crippen molar-refractivity contribution in [2.24, 2.45) is 28.6 Å². The van der Waals surface area contributed by atoms with Gasteiger partial charge in [-0.1, -0.05) is 33.6 Å². The van der Waals surface area contributed by atoms with Gasteiger partial charge in [0.15, 0.2) is 0 Å². The molecule has 148 valence electrons. The van der Waals surface area contributed by atoms with Crippen molar-refractivity contribution in [2.45, 2.75) is 87.0 Å². The van der Waals surface area contributed by atoms with Crippen LogP contribution >= 0.6 is 0 Å². The van der Waals surface area contributed by atoms with Crippen LogP contribution < -0.4 is 0 Å². The Morgan fingerprint density at radius 3 is 1.85 bits per heavy atom. The Kier molecular flexibility index (Phi) is 7.18. The average molecular weight is 403 g/mol. The quantitative estimate of drug-likeness (QED) is 0.357. The monoisotopic (exact) mass is 403 g/mol. The normalized spacial score (nSPS) is 38.6. The Balaban J connectivity index is 0.000000174. The number of hydrogen-bond acceptors (Lipinski definition) is 1. The van der Waals surface area contributed by atoms with E-state index in [1.165, 1.54) is 39.8 Å². The van der Waals surface area contributed by atoms with Gasteiger partial charge in [0.25, 0.3) is 0 Å². The van der Waals surface area contributed by atoms with Gasteiger partial charge in [-0.3, -0.25) is 6.08 Å². The summed E-state index contributed by atoms with van der Waals surface area (Å²) in [6.45, 7) is 15.2. The Morgan fingerprint density at radius 2 is 1.59 bits per heavy atom. The molecule has 2 nitrogen and oxygen atoms in total. The first-order chi connectivity index (χ1) is 12.4. The summed E-state index contributed by atoms with van der Waals surface area (Å²) in [5.41, 5.74) is 11.9. The minimum atomic E-state index is -0.266. The molecule has 0 aromatic rings. The first kappa shape index (κ1) is 22.8. The van der Waals surface area contributed by atoms with Gasteiger partial charge in [-0.05, 0) is 55.8 Å². The summed E-state index contributed by atoms with van der Waals surface area (Å²) in [4.78, 5) is 11.5. The van der Waals surface area contributed by atoms with Gasteiger partial charge < -0.3 is 10.5 Å². The van der Waals surface area contributed by atoms with E-state index in [4.69, 9.17) is 5.73 Å². The van der Waals surface area contributed by atoms with Crippen LogP contribution in [0.3, 0.4) is 0 Å². The van der Waals surface area contributed by atoms with E-state index in [9.17, 15) is 4.79 Å². The molecule has 1 N–H and O–H groups in total. The summed E-state index contributed by atoms with van der Waals surface area (Å²) in [5, 5.41) is 0. The third-order valence-corrected chi connectivity index (χ3v) is 7.07. The molecule has 0 radical (unpaired) electrons. The SMILES string of the molecule is CC12CC3CC(C1)CC(C([NH-])=O)(C3)C2.CC1=[C-]C(C)C(C)=C1C.C[C](C)=[Ti+2]. The van der Waals surface area contributed by atoms with E-state index < -0.39 is 0 Å². The van der Waals surface area contributed by atoms with Gasteiger partial charge in [0, 0.05) is 5.41 Å². The van der Waals surface area contributed by atoms with Crippen LogP contribution in [0.25, 0.3) is 5.73 Å². The molecule has 27 heavy (non-hydrogen) atoms. The van der Waals surface area contributed by atoms with Crippen LogP contribution in [0.5, 0.6) is 0 Å². The number of hydrogen-bond donors (Lipinski definition) is 0. The molecule has 0 heterocycles. The van der Waals surface area contributed by atoms with E-state index in [2.05, 4.69) is 74.5 Å². The summed E-state index contributed by atoms with van der Waals surface area (Å²) in [7, 11) is 0. The van der Waals surface area contributed by atoms with Crippen LogP contribution in [0.15, 0.2) is 16.7 Å². The fourth-order valence-corrected chi connectivity index (χ4v) is 6.15. The zero-order valence-electron chi connectivity index (χ0n) is 18.4. The molecular weight excluding hydrogens is 366 g/mol. The zero-order valence-corrected chi connectivity index (χ0v) is 19.9. The Labute approximate surface area is 178 Å². The van der Waals surface area contributed by atoms with E-state index in [1.54, 1.807) is 0 Å². The Bertz CT molecular complexity index is 654. The van der Waals surface area contributed by atoms with E-state index in [0.717, 1.165) is 31.1 Å². The third-order valence-electron chi connectivity index (χ3n) is 7.07. The van der Waals surface area contributed by atoms with Gasteiger partial charge in [-0.25, -0.2) is 5.57 Å². The zero-order chi connectivity index (χ0) is 20.6. The van der Waals surface area contributed by atoms with Crippen molar-refractivity contribution in [1.82, 2.24) is 0 Å². The predicted molar refractivity (Wildman–Crippen MR) is 111 cm³/mol. The van der Waals surface area contributed by atoms with Gasteiger partial charge in [0.2, 0.25) is 0 Å². The first-order valence-corrected chi connectivity index (χ1v) is 11.2. The predicted octanol–water partition coefficient (Wildman–Crippen LogP) is 6.64. The second-order valence-corrected chi connectivity index (χ2v) is 11.7. The summed E-state index contributed by atoms with van der Waals surface area (Å²) < 4.78 is 1.42. The van der Waals surface area contributed by atoms with E-state index in [0.29, 0.717) is 11.3 Å². The fourth-order valence-electron chi connectivity index (χ4n) is 6.15. The second-order valence-electron chi connectivity index (χ2n) is 10.2. The van der Waals surface area contributed by atoms with Crippen molar-refractivity contribution >= 4 is 9.72 Å². The summed E-state index contributed by atoms with van der Waals surface area (Å²) in [5.74, 6) is 1.81. The van der Waals surface area contributed by atoms with E-state index in [-0.39, 0.29) is 11.3 Å². The number of amides is 1. The van der Waals surface area contributed by atoms with Crippen molar-refractivity contribution < 1.29 is 24.8 Å². The molecule has 3 atom stereocenters. The van der Waals surface area contributed by atoms with Crippen molar-refractivity contribution in [3.8, 4) is 0 Å². The maximum absolute atomic E-state index is 11.5. The van der Waals surface area contributed by atoms with Gasteiger partial charge >= 0.3 is 37.6 Å². The van der Waals surface area contributed by atoms with Gasteiger partial charge in [0.1, 0.15) is 0 Å². The van der Waals surface area contributed by atoms with Crippen LogP contribution in [0.4, 0.5) is 0 Å². The minimum absolute atomic E-state index is 0.209. The summed E-state index contributed by atoms with van der Waals surface area (Å²) in [6.07, 6.45) is 10.4. The number of carbonyl (C=O) groups excluding carboxylic acids is 1. The molecule has 4 bridgehead atoms. The van der Waals surface area contributed by atoms with E-state index >= 15 is 0 Å². The number of allylic oxidation sites excluding steroid dienone is 4. The molecule has 0 aromatic heterocycles. The molecule has 0 saturated heterocycles. The fraction of sp³-hybridized carbons (Fsp3) is 0.750. The molecule has 0 aliphatic heterocycles. The van der Waals surface area contributed by atoms with Gasteiger partial charge in [-0.15, -0.1) is 6.92 Å². The topological polar surface area (TPSA) is 40.9 Å². The van der Waals surface area contributed by atoms with Crippen molar-refractivity contribution in [3.63, 3.8) is 0 Å². The molecule has 3 unspecified atom stereocenters. The van der Waals surface area contributed by atoms with Crippen LogP contribution in [-0.2, 0) is 24.8 Å². The van der Waals surface area contributed by atoms with Crippen molar-refractivity contribution in [1.29, 1.82) is 0 Å². The summed E-state index contributed by atoms with van der Waals surface area (Å²) in [6, 6.07) is 0. The number of carbonyl (C=O) groups is 1. The third kappa shape index (κ3) is 5.33. The van der Waals surface area contributed by atoms with Crippen molar-refractivity contribution in [3.05, 3.63) is 28.5 Å². The Hall–Kier alpha value is -0.466. The van der Waals surface area contributed by atoms with Crippen molar-refractivity contribution in [2.75, 3.05) is 0 Å². The average Bonchev–Trinajstić information content (AvgIpc) is 2.71. The Morgan fingerprint density at radius 1 is 1.11 bits per heavy atom. The standard InChI is InChI=1S/C12H19NO.C9H13.C3H6.Ti/c1-11-3-8-2-9(4-11)6-12(5-8,7-11)10(13)14;1-6-5-7(2)9(4)8(6)3;1-3-2;/h8-9H,2-7H2,1H3,(H2,13,14);6H,1-4H3;1-2H3;/q;-1;;+2/p-1. The number of nitrogens with one attached hydrogen (secondary N) is 1. The molecule has 0 aromatic carbocycles. The molecule has 4 saturated carbocycles. The molecule has 0 spiro atoms. The summed E-state index contributed by atoms with van der Waals surface area (Å²) >= 11 is 2.08. The number of rotatable bonds is 1. The van der Waals surface area contributed by atoms with Crippen LogP contribution in [0.1, 0.15) is 87.0 Å². The molecule has 1 amide bonds. The molecule has 5 aliphatic carbocycles. The maximum atomic E-state index is 11.5. The van der Waals surface area contributed by atoms with Crippen LogP contribution in [-0.4, -0.2) is 9.72 Å². The van der Waals surface area contributed by atoms with Crippen LogP contribution in [0.2, 0.25) is 0 Å². The molecule has 4 fully saturated rings. The molecule has 5 aliphatic rings.